The van der Waals surface area contributed by atoms with Crippen molar-refractivity contribution in [2.24, 2.45) is 0 Å². The molecule has 0 N–H and O–H groups in total. The third-order valence-electron chi connectivity index (χ3n) is 0.384. The van der Waals surface area contributed by atoms with Crippen LogP contribution in [0.5, 0.6) is 0 Å². The molecule has 0 aliphatic rings. The van der Waals surface area contributed by atoms with E-state index in [9.17, 15) is 8.76 Å². The summed E-state index contributed by atoms with van der Waals surface area (Å²) < 4.78 is 23.2. The number of hydrogen-bond donors (Lipinski definition) is 0. The molecular formula is C3H7KO3S. The second-order valence-electron chi connectivity index (χ2n) is 1.03. The molecule has 1 unspecified atom stereocenters. The second-order valence-corrected chi connectivity index (χ2v) is 1.67. The maximum Gasteiger partial charge on any atom is 1.00 e. The van der Waals surface area contributed by atoms with Crippen LogP contribution in [-0.2, 0) is 15.5 Å². The van der Waals surface area contributed by atoms with Gasteiger partial charge in [0.2, 0.25) is 0 Å². The van der Waals surface area contributed by atoms with Crippen LogP contribution in [-0.4, -0.2) is 15.4 Å². The molecule has 0 bridgehead atoms. The summed E-state index contributed by atoms with van der Waals surface area (Å²) >= 11 is -2.32. The van der Waals surface area contributed by atoms with E-state index in [2.05, 4.69) is 4.18 Å². The number of hydrogen-bond acceptors (Lipinski definition) is 3. The first-order valence-corrected chi connectivity index (χ1v) is 3.00. The molecule has 0 aromatic heterocycles. The van der Waals surface area contributed by atoms with Crippen LogP contribution in [0.1, 0.15) is 13.3 Å². The van der Waals surface area contributed by atoms with E-state index in [4.69, 9.17) is 0 Å². The van der Waals surface area contributed by atoms with Crippen molar-refractivity contribution in [1.29, 1.82) is 0 Å². The van der Waals surface area contributed by atoms with E-state index in [0.717, 1.165) is 6.42 Å². The van der Waals surface area contributed by atoms with Crippen molar-refractivity contribution < 1.29 is 64.3 Å². The molecule has 0 heterocycles. The third kappa shape index (κ3) is 10.6. The summed E-state index contributed by atoms with van der Waals surface area (Å²) in [5.74, 6) is 0. The standard InChI is InChI=1S/C3H8O3S.K/c1-2-3-6-7(4)5;/h2-3H2,1H3,(H,4,5);/q;+1/p-1. The minimum atomic E-state index is -2.32. The molecule has 0 aliphatic heterocycles. The van der Waals surface area contributed by atoms with Crippen molar-refractivity contribution in [1.82, 2.24) is 0 Å². The fraction of sp³-hybridized carbons (Fsp3) is 1.00. The summed E-state index contributed by atoms with van der Waals surface area (Å²) in [6.45, 7) is 2.13. The molecule has 3 nitrogen and oxygen atoms in total. The Labute approximate surface area is 94.1 Å². The first kappa shape index (κ1) is 12.4. The molecule has 0 aliphatic carbocycles. The van der Waals surface area contributed by atoms with E-state index in [0.29, 0.717) is 0 Å². The van der Waals surface area contributed by atoms with Gasteiger partial charge in [-0.05, 0) is 6.42 Å². The van der Waals surface area contributed by atoms with Crippen LogP contribution in [0.15, 0.2) is 0 Å². The Morgan fingerprint density at radius 3 is 2.38 bits per heavy atom. The van der Waals surface area contributed by atoms with Gasteiger partial charge in [-0.15, -0.1) is 0 Å². The molecule has 1 atom stereocenters. The Bertz CT molecular complexity index is 67.5. The number of rotatable bonds is 3. The van der Waals surface area contributed by atoms with Crippen LogP contribution in [0.4, 0.5) is 0 Å². The van der Waals surface area contributed by atoms with Gasteiger partial charge >= 0.3 is 51.4 Å². The third-order valence-corrected chi connectivity index (χ3v) is 0.743. The van der Waals surface area contributed by atoms with Crippen LogP contribution in [0, 0.1) is 0 Å². The van der Waals surface area contributed by atoms with E-state index < -0.39 is 11.4 Å². The SMILES string of the molecule is CCCOS(=O)[O-].[K+]. The van der Waals surface area contributed by atoms with Crippen LogP contribution in [0.2, 0.25) is 0 Å². The van der Waals surface area contributed by atoms with Gasteiger partial charge in [0, 0.05) is 0 Å². The summed E-state index contributed by atoms with van der Waals surface area (Å²) in [6.07, 6.45) is 0.730. The van der Waals surface area contributed by atoms with Gasteiger partial charge in [-0.2, -0.15) is 0 Å². The van der Waals surface area contributed by atoms with Crippen LogP contribution >= 0.6 is 0 Å². The van der Waals surface area contributed by atoms with Gasteiger partial charge in [0.15, 0.2) is 0 Å². The summed E-state index contributed by atoms with van der Waals surface area (Å²) in [5, 5.41) is 0. The zero-order chi connectivity index (χ0) is 5.70. The maximum absolute atomic E-state index is 9.54. The van der Waals surface area contributed by atoms with Gasteiger partial charge < -0.3 is 8.74 Å². The molecule has 0 spiro atoms. The van der Waals surface area contributed by atoms with Gasteiger partial charge in [-0.3, -0.25) is 0 Å². The fourth-order valence-electron chi connectivity index (χ4n) is 0.151. The molecule has 44 valence electrons. The van der Waals surface area contributed by atoms with E-state index in [-0.39, 0.29) is 58.0 Å². The maximum atomic E-state index is 9.54. The van der Waals surface area contributed by atoms with Crippen molar-refractivity contribution >= 4 is 11.4 Å². The Balaban J connectivity index is 0. The monoisotopic (exact) mass is 162 g/mol. The van der Waals surface area contributed by atoms with E-state index >= 15 is 0 Å². The Hall–Kier alpha value is 1.71. The van der Waals surface area contributed by atoms with Crippen molar-refractivity contribution in [3.8, 4) is 0 Å². The zero-order valence-electron chi connectivity index (χ0n) is 5.05. The van der Waals surface area contributed by atoms with Crippen LogP contribution in [0.3, 0.4) is 0 Å². The smallest absolute Gasteiger partial charge is 0.750 e. The van der Waals surface area contributed by atoms with Crippen LogP contribution < -0.4 is 51.4 Å². The zero-order valence-corrected chi connectivity index (χ0v) is 8.99. The fourth-order valence-corrected chi connectivity index (χ4v) is 0.454. The molecule has 0 amide bonds. The predicted molar refractivity (Wildman–Crippen MR) is 25.2 cm³/mol. The average Bonchev–Trinajstić information content (AvgIpc) is 1.61. The minimum Gasteiger partial charge on any atom is -0.750 e. The van der Waals surface area contributed by atoms with Crippen LogP contribution in [0.25, 0.3) is 0 Å². The summed E-state index contributed by atoms with van der Waals surface area (Å²) in [5.41, 5.74) is 0. The largest absolute Gasteiger partial charge is 1.00 e. The second kappa shape index (κ2) is 8.71. The van der Waals surface area contributed by atoms with Gasteiger partial charge in [-0.25, -0.2) is 4.21 Å². The Kier molecular flexibility index (Phi) is 13.5. The normalized spacial score (nSPS) is 12.2. The molecular weight excluding hydrogens is 155 g/mol. The van der Waals surface area contributed by atoms with Gasteiger partial charge in [0.1, 0.15) is 0 Å². The quantitative estimate of drug-likeness (QED) is 0.333. The van der Waals surface area contributed by atoms with Gasteiger partial charge in [0.05, 0.1) is 18.0 Å². The van der Waals surface area contributed by atoms with Crippen molar-refractivity contribution in [2.75, 3.05) is 6.61 Å². The summed E-state index contributed by atoms with van der Waals surface area (Å²) in [6, 6.07) is 0. The molecule has 0 aromatic rings. The molecule has 0 radical (unpaired) electrons. The van der Waals surface area contributed by atoms with Gasteiger partial charge in [0.25, 0.3) is 0 Å². The minimum absolute atomic E-state index is 0. The van der Waals surface area contributed by atoms with E-state index in [1.54, 1.807) is 0 Å². The first-order valence-electron chi connectivity index (χ1n) is 2.00. The topological polar surface area (TPSA) is 49.4 Å². The summed E-state index contributed by atoms with van der Waals surface area (Å²) in [7, 11) is 0. The van der Waals surface area contributed by atoms with E-state index in [1.165, 1.54) is 0 Å². The Morgan fingerprint density at radius 2 is 2.25 bits per heavy atom. The van der Waals surface area contributed by atoms with Gasteiger partial charge in [-0.1, -0.05) is 6.92 Å². The van der Waals surface area contributed by atoms with Crippen molar-refractivity contribution in [2.45, 2.75) is 13.3 Å². The van der Waals surface area contributed by atoms with Crippen molar-refractivity contribution in [3.63, 3.8) is 0 Å². The molecule has 0 fully saturated rings. The molecule has 0 rings (SSSR count). The Morgan fingerprint density at radius 1 is 1.75 bits per heavy atom. The predicted octanol–water partition coefficient (Wildman–Crippen LogP) is -2.79. The summed E-state index contributed by atoms with van der Waals surface area (Å²) in [4.78, 5) is 0. The molecule has 0 saturated heterocycles. The molecule has 0 aromatic carbocycles. The molecule has 8 heavy (non-hydrogen) atoms. The van der Waals surface area contributed by atoms with Crippen molar-refractivity contribution in [3.05, 3.63) is 0 Å². The molecule has 0 saturated carbocycles. The molecule has 5 heteroatoms. The first-order chi connectivity index (χ1) is 3.27. The van der Waals surface area contributed by atoms with E-state index in [1.807, 2.05) is 6.92 Å². The average molecular weight is 162 g/mol.